The van der Waals surface area contributed by atoms with Gasteiger partial charge in [-0.25, -0.2) is 8.42 Å². The van der Waals surface area contributed by atoms with Gasteiger partial charge in [0.2, 0.25) is 15.9 Å². The van der Waals surface area contributed by atoms with Crippen molar-refractivity contribution in [3.8, 4) is 6.07 Å². The molecule has 0 bridgehead atoms. The standard InChI is InChI=1S/C21H29N3O3S/c1-15-6-5-8-19(16(15)2)23-21(25)17-10-12-24(13-11-17)28(26,27)20-9-4-3-7-18(20)14-22/h3-4,7,9,15-17,19H,5-6,8,10-13H2,1-2H3,(H,23,25). The van der Waals surface area contributed by atoms with Crippen molar-refractivity contribution < 1.29 is 13.2 Å². The minimum Gasteiger partial charge on any atom is -0.353 e. The molecule has 1 heterocycles. The third kappa shape index (κ3) is 4.23. The van der Waals surface area contributed by atoms with Crippen molar-refractivity contribution in [2.45, 2.75) is 56.9 Å². The lowest BCUT2D eigenvalue weighted by atomic mass is 9.78. The number of carbonyl (C=O) groups is 1. The van der Waals surface area contributed by atoms with Crippen LogP contribution < -0.4 is 5.32 Å². The number of benzene rings is 1. The summed E-state index contributed by atoms with van der Waals surface area (Å²) < 4.78 is 27.2. The lowest BCUT2D eigenvalue weighted by molar-refractivity contribution is -0.127. The SMILES string of the molecule is CC1CCCC(NC(=O)C2CCN(S(=O)(=O)c3ccccc3C#N)CC2)C1C. The molecule has 1 aliphatic heterocycles. The van der Waals surface area contributed by atoms with E-state index in [0.29, 0.717) is 37.8 Å². The van der Waals surface area contributed by atoms with E-state index in [4.69, 9.17) is 0 Å². The smallest absolute Gasteiger partial charge is 0.244 e. The Balaban J connectivity index is 1.61. The highest BCUT2D eigenvalue weighted by Crippen LogP contribution is 2.31. The number of hydrogen-bond acceptors (Lipinski definition) is 4. The number of carbonyl (C=O) groups excluding carboxylic acids is 1. The molecular weight excluding hydrogens is 374 g/mol. The first kappa shape index (κ1) is 20.8. The molecule has 3 rings (SSSR count). The molecule has 1 aliphatic carbocycles. The molecule has 1 saturated carbocycles. The molecule has 152 valence electrons. The third-order valence-electron chi connectivity index (χ3n) is 6.48. The molecule has 0 spiro atoms. The van der Waals surface area contributed by atoms with Crippen molar-refractivity contribution in [3.63, 3.8) is 0 Å². The molecule has 1 amide bonds. The van der Waals surface area contributed by atoms with Crippen LogP contribution in [0.3, 0.4) is 0 Å². The van der Waals surface area contributed by atoms with Crippen molar-refractivity contribution in [1.82, 2.24) is 9.62 Å². The van der Waals surface area contributed by atoms with Gasteiger partial charge in [0.05, 0.1) is 10.5 Å². The first-order valence-electron chi connectivity index (χ1n) is 10.1. The molecule has 0 aromatic heterocycles. The number of nitrogens with one attached hydrogen (secondary N) is 1. The highest BCUT2D eigenvalue weighted by Gasteiger charge is 2.35. The minimum absolute atomic E-state index is 0.0467. The Bertz CT molecular complexity index is 854. The van der Waals surface area contributed by atoms with Gasteiger partial charge in [0.25, 0.3) is 0 Å². The normalized spacial score (nSPS) is 27.1. The predicted octanol–water partition coefficient (Wildman–Crippen LogP) is 2.90. The number of piperidine rings is 1. The molecule has 1 aromatic carbocycles. The Kier molecular flexibility index (Phi) is 6.41. The Morgan fingerprint density at radius 3 is 2.50 bits per heavy atom. The van der Waals surface area contributed by atoms with Gasteiger partial charge in [0.15, 0.2) is 0 Å². The van der Waals surface area contributed by atoms with Crippen molar-refractivity contribution in [1.29, 1.82) is 5.26 Å². The number of amides is 1. The molecule has 7 heteroatoms. The topological polar surface area (TPSA) is 90.3 Å². The van der Waals surface area contributed by atoms with Crippen molar-refractivity contribution in [2.75, 3.05) is 13.1 Å². The van der Waals surface area contributed by atoms with Gasteiger partial charge in [-0.1, -0.05) is 38.8 Å². The maximum Gasteiger partial charge on any atom is 0.244 e. The fourth-order valence-electron chi connectivity index (χ4n) is 4.37. The van der Waals surface area contributed by atoms with Crippen molar-refractivity contribution in [3.05, 3.63) is 29.8 Å². The summed E-state index contributed by atoms with van der Waals surface area (Å²) in [6.07, 6.45) is 4.40. The Labute approximate surface area is 168 Å². The molecule has 1 saturated heterocycles. The fraction of sp³-hybridized carbons (Fsp3) is 0.619. The average Bonchev–Trinajstić information content (AvgIpc) is 2.71. The highest BCUT2D eigenvalue weighted by atomic mass is 32.2. The summed E-state index contributed by atoms with van der Waals surface area (Å²) >= 11 is 0. The van der Waals surface area contributed by atoms with E-state index in [-0.39, 0.29) is 28.3 Å². The lowest BCUT2D eigenvalue weighted by Crippen LogP contribution is -2.48. The second kappa shape index (κ2) is 8.62. The molecule has 1 aromatic rings. The first-order valence-corrected chi connectivity index (χ1v) is 11.6. The maximum atomic E-state index is 12.9. The molecular formula is C21H29N3O3S. The van der Waals surface area contributed by atoms with Crippen molar-refractivity contribution in [2.24, 2.45) is 17.8 Å². The van der Waals surface area contributed by atoms with Gasteiger partial charge < -0.3 is 5.32 Å². The van der Waals surface area contributed by atoms with E-state index in [1.54, 1.807) is 12.1 Å². The average molecular weight is 404 g/mol. The Morgan fingerprint density at radius 1 is 1.14 bits per heavy atom. The second-order valence-electron chi connectivity index (χ2n) is 8.17. The molecule has 0 radical (unpaired) electrons. The maximum absolute atomic E-state index is 12.9. The van der Waals surface area contributed by atoms with E-state index in [1.807, 2.05) is 6.07 Å². The van der Waals surface area contributed by atoms with Gasteiger partial charge in [-0.2, -0.15) is 9.57 Å². The van der Waals surface area contributed by atoms with Crippen LogP contribution in [-0.2, 0) is 14.8 Å². The van der Waals surface area contributed by atoms with Crippen LogP contribution in [0, 0.1) is 29.1 Å². The van der Waals surface area contributed by atoms with Crippen LogP contribution in [-0.4, -0.2) is 37.8 Å². The number of rotatable bonds is 4. The quantitative estimate of drug-likeness (QED) is 0.837. The zero-order chi connectivity index (χ0) is 20.3. The van der Waals surface area contributed by atoms with Gasteiger partial charge in [-0.3, -0.25) is 4.79 Å². The van der Waals surface area contributed by atoms with Crippen LogP contribution in [0.1, 0.15) is 51.5 Å². The third-order valence-corrected chi connectivity index (χ3v) is 8.44. The van der Waals surface area contributed by atoms with Crippen LogP contribution in [0.15, 0.2) is 29.2 Å². The van der Waals surface area contributed by atoms with Gasteiger partial charge in [0.1, 0.15) is 6.07 Å². The minimum atomic E-state index is -3.72. The van der Waals surface area contributed by atoms with E-state index in [1.165, 1.54) is 22.9 Å². The van der Waals surface area contributed by atoms with E-state index >= 15 is 0 Å². The molecule has 28 heavy (non-hydrogen) atoms. The monoisotopic (exact) mass is 403 g/mol. The summed E-state index contributed by atoms with van der Waals surface area (Å²) in [4.78, 5) is 12.8. The van der Waals surface area contributed by atoms with Gasteiger partial charge in [-0.05, 0) is 43.2 Å². The molecule has 3 atom stereocenters. The van der Waals surface area contributed by atoms with Crippen molar-refractivity contribution >= 4 is 15.9 Å². The largest absolute Gasteiger partial charge is 0.353 e. The summed E-state index contributed by atoms with van der Waals surface area (Å²) in [7, 11) is -3.72. The summed E-state index contributed by atoms with van der Waals surface area (Å²) in [5.74, 6) is 0.995. The summed E-state index contributed by atoms with van der Waals surface area (Å²) in [6, 6.07) is 8.44. The van der Waals surface area contributed by atoms with Crippen LogP contribution >= 0.6 is 0 Å². The first-order chi connectivity index (χ1) is 13.3. The summed E-state index contributed by atoms with van der Waals surface area (Å²) in [6.45, 7) is 5.05. The van der Waals surface area contributed by atoms with Crippen LogP contribution in [0.2, 0.25) is 0 Å². The van der Waals surface area contributed by atoms with E-state index in [9.17, 15) is 18.5 Å². The zero-order valence-electron chi connectivity index (χ0n) is 16.6. The van der Waals surface area contributed by atoms with Crippen LogP contribution in [0.4, 0.5) is 0 Å². The molecule has 2 aliphatic rings. The molecule has 2 fully saturated rings. The number of nitriles is 1. The van der Waals surface area contributed by atoms with E-state index in [0.717, 1.165) is 12.8 Å². The van der Waals surface area contributed by atoms with Gasteiger partial charge in [0, 0.05) is 25.0 Å². The highest BCUT2D eigenvalue weighted by molar-refractivity contribution is 7.89. The number of nitrogens with zero attached hydrogens (tertiary/aromatic N) is 2. The Hall–Kier alpha value is -1.91. The van der Waals surface area contributed by atoms with Crippen LogP contribution in [0.25, 0.3) is 0 Å². The van der Waals surface area contributed by atoms with Crippen LogP contribution in [0.5, 0.6) is 0 Å². The molecule has 6 nitrogen and oxygen atoms in total. The van der Waals surface area contributed by atoms with E-state index in [2.05, 4.69) is 19.2 Å². The predicted molar refractivity (Wildman–Crippen MR) is 107 cm³/mol. The summed E-state index contributed by atoms with van der Waals surface area (Å²) in [5, 5.41) is 12.4. The molecule has 3 unspecified atom stereocenters. The zero-order valence-corrected chi connectivity index (χ0v) is 17.4. The number of sulfonamides is 1. The number of hydrogen-bond donors (Lipinski definition) is 1. The van der Waals surface area contributed by atoms with Gasteiger partial charge in [-0.15, -0.1) is 0 Å². The second-order valence-corrected chi connectivity index (χ2v) is 10.1. The summed E-state index contributed by atoms with van der Waals surface area (Å²) in [5.41, 5.74) is 0.155. The van der Waals surface area contributed by atoms with E-state index < -0.39 is 10.0 Å². The van der Waals surface area contributed by atoms with Gasteiger partial charge >= 0.3 is 0 Å². The molecule has 1 N–H and O–H groups in total. The Morgan fingerprint density at radius 2 is 1.82 bits per heavy atom. The lowest BCUT2D eigenvalue weighted by Gasteiger charge is -2.36. The fourth-order valence-corrected chi connectivity index (χ4v) is 5.98.